The molecule has 0 fully saturated rings. The van der Waals surface area contributed by atoms with Gasteiger partial charge in [0, 0.05) is 66.8 Å². The molecule has 5 nitrogen and oxygen atoms in total. The topological polar surface area (TPSA) is 33.5 Å². The second-order valence-electron chi connectivity index (χ2n) is 21.1. The number of ether oxygens (including phenoxy) is 1. The zero-order chi connectivity index (χ0) is 46.9. The van der Waals surface area contributed by atoms with Crippen LogP contribution in [0.2, 0.25) is 0 Å². The maximum absolute atomic E-state index is 7.00. The largest absolute Gasteiger partial charge is 0.509 e. The quantitative estimate of drug-likeness (QED) is 0.135. The van der Waals surface area contributed by atoms with Gasteiger partial charge in [-0.1, -0.05) is 172 Å². The molecule has 0 unspecified atom stereocenters. The van der Waals surface area contributed by atoms with Crippen LogP contribution in [-0.4, -0.2) is 9.55 Å². The molecule has 3 heterocycles. The number of aromatic nitrogens is 2. The average molecular weight is 1070 g/mol. The molecule has 0 saturated carbocycles. The number of hydrogen-bond acceptors (Lipinski definition) is 4. The molecule has 0 spiro atoms. The minimum absolute atomic E-state index is 0. The summed E-state index contributed by atoms with van der Waals surface area (Å²) in [6.45, 7) is 24.8. The van der Waals surface area contributed by atoms with E-state index >= 15 is 0 Å². The molecule has 346 valence electrons. The number of rotatable bonds is 9. The van der Waals surface area contributed by atoms with E-state index in [2.05, 4.69) is 260 Å². The molecule has 7 aromatic carbocycles. The van der Waals surface area contributed by atoms with Crippen LogP contribution in [-0.2, 0) is 42.7 Å². The number of nitrogens with zero attached hydrogens (tertiary/aromatic N) is 4. The summed E-state index contributed by atoms with van der Waals surface area (Å²) >= 11 is 0. The molecule has 9 aromatic rings. The smallest absolute Gasteiger partial charge is 0.135 e. The molecule has 0 saturated heterocycles. The van der Waals surface area contributed by atoms with E-state index < -0.39 is 0 Å². The van der Waals surface area contributed by atoms with E-state index in [-0.39, 0.29) is 42.7 Å². The van der Waals surface area contributed by atoms with E-state index in [0.717, 1.165) is 55.9 Å². The van der Waals surface area contributed by atoms with Crippen LogP contribution in [0.3, 0.4) is 0 Å². The number of anilines is 4. The molecule has 1 aliphatic rings. The first-order chi connectivity index (χ1) is 32.0. The van der Waals surface area contributed by atoms with Crippen molar-refractivity contribution in [2.45, 2.75) is 90.9 Å². The summed E-state index contributed by atoms with van der Waals surface area (Å²) in [6.07, 6.45) is 1.94. The van der Waals surface area contributed by atoms with Crippen molar-refractivity contribution in [3.05, 3.63) is 222 Å². The van der Waals surface area contributed by atoms with Crippen molar-refractivity contribution in [3.8, 4) is 17.3 Å². The van der Waals surface area contributed by atoms with Gasteiger partial charge in [-0.3, -0.25) is 0 Å². The fourth-order valence-corrected chi connectivity index (χ4v) is 9.48. The molecule has 0 atom stereocenters. The first kappa shape index (κ1) is 46.7. The number of pyridine rings is 1. The fraction of sp³-hybridized carbons (Fsp3) is 0.226. The van der Waals surface area contributed by atoms with Crippen LogP contribution in [0.1, 0.15) is 103 Å². The van der Waals surface area contributed by atoms with Gasteiger partial charge in [0.1, 0.15) is 5.82 Å². The van der Waals surface area contributed by atoms with Crippen LogP contribution in [0.15, 0.2) is 170 Å². The van der Waals surface area contributed by atoms with Crippen LogP contribution in [0, 0.1) is 18.8 Å². The van der Waals surface area contributed by atoms with E-state index in [0.29, 0.717) is 11.5 Å². The minimum atomic E-state index is -0.361. The first-order valence-corrected chi connectivity index (χ1v) is 23.4. The molecule has 1 aliphatic heterocycles. The second kappa shape index (κ2) is 17.6. The summed E-state index contributed by atoms with van der Waals surface area (Å²) in [6, 6.07) is 66.2. The Hall–Kier alpha value is -6.42. The molecule has 0 radical (unpaired) electrons. The van der Waals surface area contributed by atoms with Crippen LogP contribution in [0.5, 0.6) is 11.5 Å². The van der Waals surface area contributed by atoms with Gasteiger partial charge in [0.2, 0.25) is 0 Å². The van der Waals surface area contributed by atoms with Gasteiger partial charge < -0.3 is 19.1 Å². The third kappa shape index (κ3) is 8.56. The van der Waals surface area contributed by atoms with Crippen LogP contribution in [0.4, 0.5) is 22.7 Å². The van der Waals surface area contributed by atoms with E-state index in [1.807, 2.05) is 12.3 Å². The van der Waals surface area contributed by atoms with Gasteiger partial charge in [-0.05, 0) is 91.9 Å². The molecule has 0 bridgehead atoms. The van der Waals surface area contributed by atoms with Crippen molar-refractivity contribution in [1.82, 2.24) is 9.55 Å². The van der Waals surface area contributed by atoms with Gasteiger partial charge in [-0.2, -0.15) is 6.07 Å². The van der Waals surface area contributed by atoms with Gasteiger partial charge in [0.25, 0.3) is 0 Å². The second-order valence-corrected chi connectivity index (χ2v) is 21.1. The maximum atomic E-state index is 7.00. The molecular formula is C62H59N4OPt-3. The van der Waals surface area contributed by atoms with Gasteiger partial charge in [0.15, 0.2) is 0 Å². The molecule has 10 rings (SSSR count). The fourth-order valence-electron chi connectivity index (χ4n) is 9.48. The van der Waals surface area contributed by atoms with Crippen LogP contribution < -0.4 is 14.5 Å². The van der Waals surface area contributed by atoms with E-state index in [1.165, 1.54) is 27.8 Å². The molecule has 68 heavy (non-hydrogen) atoms. The van der Waals surface area contributed by atoms with E-state index in [9.17, 15) is 0 Å². The molecule has 0 aliphatic carbocycles. The predicted molar refractivity (Wildman–Crippen MR) is 279 cm³/mol. The summed E-state index contributed by atoms with van der Waals surface area (Å²) in [5.74, 6) is 2.03. The zero-order valence-electron chi connectivity index (χ0n) is 40.8. The SMILES string of the molecule is CC(C)(C)c1ccc(N2[CH-]N(c3[c-]c(Oc4[c-]c5c(cc4)c4ccc(C(C)(C)C)cc4n5-c4cc(C(C)(C)c5ccccc5)ccn4)cc(C(C)(C)c4ccccc4)c3)c3ccccc32)cc1.[Pt]. The molecule has 0 N–H and O–H groups in total. The van der Waals surface area contributed by atoms with Crippen molar-refractivity contribution >= 4 is 44.6 Å². The Morgan fingerprint density at radius 2 is 1.04 bits per heavy atom. The van der Waals surface area contributed by atoms with Gasteiger partial charge in [0.05, 0.1) is 0 Å². The summed E-state index contributed by atoms with van der Waals surface area (Å²) in [5, 5.41) is 2.22. The Bertz CT molecular complexity index is 3270. The van der Waals surface area contributed by atoms with E-state index in [1.54, 1.807) is 0 Å². The Morgan fingerprint density at radius 1 is 0.471 bits per heavy atom. The van der Waals surface area contributed by atoms with Crippen molar-refractivity contribution in [1.29, 1.82) is 0 Å². The van der Waals surface area contributed by atoms with Crippen LogP contribution >= 0.6 is 0 Å². The van der Waals surface area contributed by atoms with Crippen molar-refractivity contribution in [3.63, 3.8) is 0 Å². The maximum Gasteiger partial charge on any atom is 0.135 e. The van der Waals surface area contributed by atoms with Gasteiger partial charge in [-0.25, -0.2) is 4.98 Å². The van der Waals surface area contributed by atoms with Gasteiger partial charge in [-0.15, -0.1) is 53.6 Å². The first-order valence-electron chi connectivity index (χ1n) is 23.4. The normalized spacial score (nSPS) is 13.2. The Balaban J connectivity index is 0.00000578. The average Bonchev–Trinajstić information content (AvgIpc) is 3.87. The standard InChI is InChI=1S/C62H59N4O.Pt/c1-59(2,3)42-25-28-48(29-26-42)64-41-65(55-24-18-17-23-54(55)64)49-35-47(62(9,10)44-21-15-12-16-22-44)36-51(39-49)67-50-30-32-53-52-31-27-45(60(4,5)6)37-56(52)66(57(53)40-50)58-38-46(33-34-63-58)61(7,8)43-19-13-11-14-20-43;/h11-38,41H,1-10H3;/q-3;. The van der Waals surface area contributed by atoms with Gasteiger partial charge >= 0.3 is 0 Å². The van der Waals surface area contributed by atoms with Crippen LogP contribution in [0.25, 0.3) is 27.6 Å². The van der Waals surface area contributed by atoms with E-state index in [4.69, 9.17) is 9.72 Å². The summed E-state index contributed by atoms with van der Waals surface area (Å²) in [7, 11) is 0. The number of para-hydroxylation sites is 2. The zero-order valence-corrected chi connectivity index (χ0v) is 43.0. The van der Waals surface area contributed by atoms with Crippen molar-refractivity contribution < 1.29 is 25.8 Å². The Labute approximate surface area is 417 Å². The Kier molecular flexibility index (Phi) is 12.1. The Morgan fingerprint density at radius 3 is 1.68 bits per heavy atom. The third-order valence-electron chi connectivity index (χ3n) is 13.9. The minimum Gasteiger partial charge on any atom is -0.509 e. The molecule has 2 aromatic heterocycles. The monoisotopic (exact) mass is 1070 g/mol. The predicted octanol–water partition coefficient (Wildman–Crippen LogP) is 16.2. The third-order valence-corrected chi connectivity index (χ3v) is 13.9. The summed E-state index contributed by atoms with van der Waals surface area (Å²) in [4.78, 5) is 9.56. The number of hydrogen-bond donors (Lipinski definition) is 0. The number of benzene rings is 7. The molecule has 6 heteroatoms. The number of fused-ring (bicyclic) bond motifs is 4. The molecule has 0 amide bonds. The molecular weight excluding hydrogens is 1010 g/mol. The van der Waals surface area contributed by atoms with Crippen molar-refractivity contribution in [2.24, 2.45) is 0 Å². The summed E-state index contributed by atoms with van der Waals surface area (Å²) < 4.78 is 9.27. The summed E-state index contributed by atoms with van der Waals surface area (Å²) in [5.41, 5.74) is 12.8. The van der Waals surface area contributed by atoms with Crippen molar-refractivity contribution in [2.75, 3.05) is 9.80 Å².